The standard InChI is InChI=1S/C13H7BrClFN2O3/c14-7-4-5-9(16)10(6-7)17-13(19)8-2-1-3-11(12(8)15)18(20)21/h1-6H,(H,17,19). The number of carbonyl (C=O) groups is 1. The van der Waals surface area contributed by atoms with E-state index in [9.17, 15) is 19.3 Å². The molecule has 0 aliphatic rings. The summed E-state index contributed by atoms with van der Waals surface area (Å²) in [4.78, 5) is 22.2. The number of nitro groups is 1. The van der Waals surface area contributed by atoms with Gasteiger partial charge in [0.05, 0.1) is 16.2 Å². The summed E-state index contributed by atoms with van der Waals surface area (Å²) in [6, 6.07) is 7.86. The summed E-state index contributed by atoms with van der Waals surface area (Å²) in [5.41, 5.74) is -0.554. The Balaban J connectivity index is 2.35. The molecule has 1 N–H and O–H groups in total. The van der Waals surface area contributed by atoms with E-state index in [1.54, 1.807) is 0 Å². The molecule has 8 heteroatoms. The largest absolute Gasteiger partial charge is 0.319 e. The molecule has 0 fully saturated rings. The van der Waals surface area contributed by atoms with Crippen molar-refractivity contribution < 1.29 is 14.1 Å². The zero-order chi connectivity index (χ0) is 15.6. The number of rotatable bonds is 3. The average Bonchev–Trinajstić information content (AvgIpc) is 2.42. The van der Waals surface area contributed by atoms with Gasteiger partial charge in [0.2, 0.25) is 0 Å². The van der Waals surface area contributed by atoms with Gasteiger partial charge in [-0.2, -0.15) is 0 Å². The number of hydrogen-bond acceptors (Lipinski definition) is 3. The zero-order valence-corrected chi connectivity index (χ0v) is 12.6. The molecule has 0 aliphatic carbocycles. The van der Waals surface area contributed by atoms with Crippen LogP contribution in [0.25, 0.3) is 0 Å². The summed E-state index contributed by atoms with van der Waals surface area (Å²) >= 11 is 8.98. The van der Waals surface area contributed by atoms with Crippen LogP contribution in [0.1, 0.15) is 10.4 Å². The fourth-order valence-corrected chi connectivity index (χ4v) is 2.26. The van der Waals surface area contributed by atoms with Crippen molar-refractivity contribution in [2.45, 2.75) is 0 Å². The monoisotopic (exact) mass is 372 g/mol. The second-order valence-corrected chi connectivity index (χ2v) is 5.27. The second-order valence-electron chi connectivity index (χ2n) is 3.97. The number of halogens is 3. The smallest absolute Gasteiger partial charge is 0.288 e. The third kappa shape index (κ3) is 3.37. The zero-order valence-electron chi connectivity index (χ0n) is 10.3. The summed E-state index contributed by atoms with van der Waals surface area (Å²) < 4.78 is 14.2. The maximum atomic E-state index is 13.6. The molecule has 0 atom stereocenters. The molecule has 2 rings (SSSR count). The van der Waals surface area contributed by atoms with Crippen LogP contribution >= 0.6 is 27.5 Å². The van der Waals surface area contributed by atoms with Crippen LogP contribution < -0.4 is 5.32 Å². The van der Waals surface area contributed by atoms with Gasteiger partial charge in [-0.25, -0.2) is 4.39 Å². The molecule has 0 heterocycles. The average molecular weight is 374 g/mol. The van der Waals surface area contributed by atoms with Crippen molar-refractivity contribution in [3.05, 3.63) is 67.4 Å². The van der Waals surface area contributed by atoms with Crippen LogP contribution in [-0.2, 0) is 0 Å². The van der Waals surface area contributed by atoms with E-state index in [-0.39, 0.29) is 22.0 Å². The van der Waals surface area contributed by atoms with Crippen molar-refractivity contribution in [1.29, 1.82) is 0 Å². The van der Waals surface area contributed by atoms with Gasteiger partial charge in [0.25, 0.3) is 11.6 Å². The minimum absolute atomic E-state index is 0.0584. The van der Waals surface area contributed by atoms with E-state index >= 15 is 0 Å². The lowest BCUT2D eigenvalue weighted by atomic mass is 10.2. The molecule has 0 saturated carbocycles. The molecule has 2 aromatic carbocycles. The highest BCUT2D eigenvalue weighted by atomic mass is 79.9. The predicted molar refractivity (Wildman–Crippen MR) is 80.2 cm³/mol. The van der Waals surface area contributed by atoms with Gasteiger partial charge < -0.3 is 5.32 Å². The number of nitrogens with zero attached hydrogens (tertiary/aromatic N) is 1. The van der Waals surface area contributed by atoms with Crippen molar-refractivity contribution in [3.8, 4) is 0 Å². The Morgan fingerprint density at radius 1 is 1.33 bits per heavy atom. The third-order valence-corrected chi connectivity index (χ3v) is 3.49. The molecular weight excluding hydrogens is 367 g/mol. The van der Waals surface area contributed by atoms with E-state index in [2.05, 4.69) is 21.2 Å². The number of amides is 1. The van der Waals surface area contributed by atoms with E-state index in [0.29, 0.717) is 4.47 Å². The number of anilines is 1. The highest BCUT2D eigenvalue weighted by Gasteiger charge is 2.20. The molecule has 5 nitrogen and oxygen atoms in total. The van der Waals surface area contributed by atoms with Crippen LogP contribution in [0.15, 0.2) is 40.9 Å². The lowest BCUT2D eigenvalue weighted by Gasteiger charge is -2.08. The molecule has 1 amide bonds. The molecule has 0 bridgehead atoms. The fraction of sp³-hybridized carbons (Fsp3) is 0. The van der Waals surface area contributed by atoms with Gasteiger partial charge in [-0.15, -0.1) is 0 Å². The van der Waals surface area contributed by atoms with Crippen molar-refractivity contribution in [2.24, 2.45) is 0 Å². The van der Waals surface area contributed by atoms with Crippen LogP contribution in [0, 0.1) is 15.9 Å². The second kappa shape index (κ2) is 6.19. The summed E-state index contributed by atoms with van der Waals surface area (Å²) in [6.45, 7) is 0. The van der Waals surface area contributed by atoms with Gasteiger partial charge in [-0.1, -0.05) is 33.6 Å². The molecule has 2 aromatic rings. The van der Waals surface area contributed by atoms with Gasteiger partial charge >= 0.3 is 0 Å². The Kier molecular flexibility index (Phi) is 4.54. The molecule has 21 heavy (non-hydrogen) atoms. The van der Waals surface area contributed by atoms with Crippen LogP contribution in [0.5, 0.6) is 0 Å². The van der Waals surface area contributed by atoms with E-state index in [1.807, 2.05) is 0 Å². The molecule has 0 radical (unpaired) electrons. The van der Waals surface area contributed by atoms with Crippen LogP contribution in [0.4, 0.5) is 15.8 Å². The van der Waals surface area contributed by atoms with E-state index < -0.39 is 16.6 Å². The van der Waals surface area contributed by atoms with Gasteiger partial charge in [0.15, 0.2) is 0 Å². The molecular formula is C13H7BrClFN2O3. The minimum atomic E-state index is -0.735. The molecule has 0 saturated heterocycles. The first kappa shape index (κ1) is 15.4. The lowest BCUT2D eigenvalue weighted by molar-refractivity contribution is -0.384. The number of carbonyl (C=O) groups excluding carboxylic acids is 1. The molecule has 0 unspecified atom stereocenters. The van der Waals surface area contributed by atoms with E-state index in [1.165, 1.54) is 36.4 Å². The van der Waals surface area contributed by atoms with Crippen molar-refractivity contribution in [2.75, 3.05) is 5.32 Å². The molecule has 0 aliphatic heterocycles. The van der Waals surface area contributed by atoms with Crippen molar-refractivity contribution >= 4 is 44.8 Å². The van der Waals surface area contributed by atoms with Crippen LogP contribution in [0.2, 0.25) is 5.02 Å². The molecule has 108 valence electrons. The summed E-state index contributed by atoms with van der Waals surface area (Å²) in [5.74, 6) is -1.37. The predicted octanol–water partition coefficient (Wildman–Crippen LogP) is 4.40. The maximum absolute atomic E-state index is 13.6. The first-order valence-electron chi connectivity index (χ1n) is 5.59. The number of nitro benzene ring substituents is 1. The summed E-state index contributed by atoms with van der Waals surface area (Å²) in [6.07, 6.45) is 0. The normalized spacial score (nSPS) is 10.2. The van der Waals surface area contributed by atoms with Crippen molar-refractivity contribution in [1.82, 2.24) is 0 Å². The Morgan fingerprint density at radius 3 is 2.71 bits per heavy atom. The first-order chi connectivity index (χ1) is 9.90. The van der Waals surface area contributed by atoms with Gasteiger partial charge in [-0.3, -0.25) is 14.9 Å². The minimum Gasteiger partial charge on any atom is -0.319 e. The topological polar surface area (TPSA) is 72.2 Å². The van der Waals surface area contributed by atoms with E-state index in [0.717, 1.165) is 0 Å². The summed E-state index contributed by atoms with van der Waals surface area (Å²) in [5, 5.41) is 12.8. The lowest BCUT2D eigenvalue weighted by Crippen LogP contribution is -2.14. The Hall–Kier alpha value is -1.99. The third-order valence-electron chi connectivity index (χ3n) is 2.60. The highest BCUT2D eigenvalue weighted by molar-refractivity contribution is 9.10. The molecule has 0 aromatic heterocycles. The fourth-order valence-electron chi connectivity index (χ4n) is 1.62. The quantitative estimate of drug-likeness (QED) is 0.640. The summed E-state index contributed by atoms with van der Waals surface area (Å²) in [7, 11) is 0. The molecule has 0 spiro atoms. The number of hydrogen-bond donors (Lipinski definition) is 1. The van der Waals surface area contributed by atoms with Crippen molar-refractivity contribution in [3.63, 3.8) is 0 Å². The maximum Gasteiger partial charge on any atom is 0.288 e. The Labute approximate surface area is 132 Å². The number of nitrogens with one attached hydrogen (secondary N) is 1. The van der Waals surface area contributed by atoms with E-state index in [4.69, 9.17) is 11.6 Å². The SMILES string of the molecule is O=C(Nc1cc(Br)ccc1F)c1cccc([N+](=O)[O-])c1Cl. The van der Waals surface area contributed by atoms with Gasteiger partial charge in [-0.05, 0) is 24.3 Å². The number of benzene rings is 2. The highest BCUT2D eigenvalue weighted by Crippen LogP contribution is 2.29. The van der Waals surface area contributed by atoms with Crippen LogP contribution in [0.3, 0.4) is 0 Å². The van der Waals surface area contributed by atoms with Crippen LogP contribution in [-0.4, -0.2) is 10.8 Å². The Bertz CT molecular complexity index is 739. The first-order valence-corrected chi connectivity index (χ1v) is 6.76. The van der Waals surface area contributed by atoms with Gasteiger partial charge in [0.1, 0.15) is 10.8 Å². The Morgan fingerprint density at radius 2 is 2.05 bits per heavy atom. The van der Waals surface area contributed by atoms with Gasteiger partial charge in [0, 0.05) is 10.5 Å².